The molecule has 0 radical (unpaired) electrons. The lowest BCUT2D eigenvalue weighted by Gasteiger charge is -2.11. The molecule has 7 heteroatoms. The lowest BCUT2D eigenvalue weighted by atomic mass is 10.0. The van der Waals surface area contributed by atoms with Crippen LogP contribution in [0.1, 0.15) is 25.3 Å². The molecule has 3 aromatic rings. The fourth-order valence-electron chi connectivity index (χ4n) is 3.00. The molecule has 0 saturated carbocycles. The minimum Gasteiger partial charge on any atom is -0.496 e. The fourth-order valence-corrected chi connectivity index (χ4v) is 3.74. The van der Waals surface area contributed by atoms with E-state index in [2.05, 4.69) is 35.9 Å². The van der Waals surface area contributed by atoms with Gasteiger partial charge in [-0.1, -0.05) is 56.0 Å². The number of para-hydroxylation sites is 1. The molecule has 0 aliphatic carbocycles. The Labute approximate surface area is 181 Å². The van der Waals surface area contributed by atoms with Crippen LogP contribution in [0, 0.1) is 0 Å². The second kappa shape index (κ2) is 10.1. The number of hydrogen-bond acceptors (Lipinski definition) is 5. The van der Waals surface area contributed by atoms with Gasteiger partial charge in [0.1, 0.15) is 5.75 Å². The second-order valence-electron chi connectivity index (χ2n) is 7.02. The molecule has 1 N–H and O–H groups in total. The number of rotatable bonds is 9. The highest BCUT2D eigenvalue weighted by Gasteiger charge is 2.17. The third-order valence-electron chi connectivity index (χ3n) is 4.57. The Morgan fingerprint density at radius 1 is 1.20 bits per heavy atom. The van der Waals surface area contributed by atoms with Crippen molar-refractivity contribution in [1.29, 1.82) is 0 Å². The molecule has 2 aromatic carbocycles. The molecule has 0 saturated heterocycles. The Hall–Kier alpha value is -3.06. The van der Waals surface area contributed by atoms with Gasteiger partial charge in [0, 0.05) is 12.2 Å². The molecule has 3 rings (SSSR count). The predicted molar refractivity (Wildman–Crippen MR) is 122 cm³/mol. The zero-order valence-corrected chi connectivity index (χ0v) is 18.3. The van der Waals surface area contributed by atoms with E-state index in [0.717, 1.165) is 11.3 Å². The number of allylic oxidation sites excluding steroid dienone is 1. The Morgan fingerprint density at radius 2 is 1.93 bits per heavy atom. The van der Waals surface area contributed by atoms with Crippen molar-refractivity contribution in [3.63, 3.8) is 0 Å². The number of anilines is 1. The number of methoxy groups -OCH3 is 1. The smallest absolute Gasteiger partial charge is 0.234 e. The van der Waals surface area contributed by atoms with Crippen LogP contribution < -0.4 is 10.1 Å². The number of amides is 1. The first-order chi connectivity index (χ1) is 14.5. The molecular weight excluding hydrogens is 396 g/mol. The monoisotopic (exact) mass is 422 g/mol. The maximum atomic E-state index is 12.4. The predicted octanol–water partition coefficient (Wildman–Crippen LogP) is 4.99. The summed E-state index contributed by atoms with van der Waals surface area (Å²) >= 11 is 1.34. The first-order valence-corrected chi connectivity index (χ1v) is 10.7. The fraction of sp³-hybridized carbons (Fsp3) is 0.261. The molecule has 0 aliphatic rings. The number of aromatic nitrogens is 3. The van der Waals surface area contributed by atoms with E-state index in [9.17, 15) is 4.79 Å². The summed E-state index contributed by atoms with van der Waals surface area (Å²) < 4.78 is 7.38. The number of carbonyl (C=O) groups excluding carboxylic acids is 1. The van der Waals surface area contributed by atoms with Crippen molar-refractivity contribution in [2.24, 2.45) is 0 Å². The number of nitrogens with one attached hydrogen (secondary N) is 1. The summed E-state index contributed by atoms with van der Waals surface area (Å²) in [5.41, 5.74) is 2.87. The summed E-state index contributed by atoms with van der Waals surface area (Å²) in [6.07, 6.45) is 1.78. The van der Waals surface area contributed by atoms with Crippen LogP contribution in [-0.2, 0) is 11.3 Å². The molecule has 0 fully saturated rings. The van der Waals surface area contributed by atoms with E-state index in [-0.39, 0.29) is 11.7 Å². The zero-order chi connectivity index (χ0) is 21.5. The maximum absolute atomic E-state index is 12.4. The van der Waals surface area contributed by atoms with Gasteiger partial charge in [0.2, 0.25) is 5.91 Å². The van der Waals surface area contributed by atoms with Crippen LogP contribution in [0.3, 0.4) is 0 Å². The van der Waals surface area contributed by atoms with Crippen LogP contribution in [-0.4, -0.2) is 33.5 Å². The van der Waals surface area contributed by atoms with E-state index >= 15 is 0 Å². The molecule has 1 amide bonds. The van der Waals surface area contributed by atoms with Crippen LogP contribution in [0.15, 0.2) is 66.3 Å². The molecule has 0 unspecified atom stereocenters. The van der Waals surface area contributed by atoms with E-state index in [1.54, 1.807) is 13.2 Å². The SMILES string of the molecule is C=CCn1c(SCC(=O)Nc2ccc(C(C)C)cc2)nnc1-c1ccccc1OC. The van der Waals surface area contributed by atoms with Crippen molar-refractivity contribution in [2.45, 2.75) is 31.5 Å². The van der Waals surface area contributed by atoms with E-state index in [1.807, 2.05) is 53.1 Å². The highest BCUT2D eigenvalue weighted by Crippen LogP contribution is 2.31. The summed E-state index contributed by atoms with van der Waals surface area (Å²) in [5, 5.41) is 12.2. The van der Waals surface area contributed by atoms with Gasteiger partial charge in [-0.3, -0.25) is 9.36 Å². The second-order valence-corrected chi connectivity index (χ2v) is 7.96. The average molecular weight is 423 g/mol. The molecule has 1 aromatic heterocycles. The van der Waals surface area contributed by atoms with Crippen molar-refractivity contribution < 1.29 is 9.53 Å². The standard InChI is InChI=1S/C23H26N4O2S/c1-5-14-27-22(19-8-6-7-9-20(19)29-4)25-26-23(27)30-15-21(28)24-18-12-10-17(11-13-18)16(2)3/h5-13,16H,1,14-15H2,2-4H3,(H,24,28). The van der Waals surface area contributed by atoms with Gasteiger partial charge in [0.15, 0.2) is 11.0 Å². The Kier molecular flexibility index (Phi) is 7.30. The van der Waals surface area contributed by atoms with Gasteiger partial charge < -0.3 is 10.1 Å². The van der Waals surface area contributed by atoms with Crippen molar-refractivity contribution >= 4 is 23.4 Å². The minimum absolute atomic E-state index is 0.0932. The van der Waals surface area contributed by atoms with Gasteiger partial charge >= 0.3 is 0 Å². The summed E-state index contributed by atoms with van der Waals surface area (Å²) in [6, 6.07) is 15.6. The number of thioether (sulfide) groups is 1. The third-order valence-corrected chi connectivity index (χ3v) is 5.54. The zero-order valence-electron chi connectivity index (χ0n) is 17.5. The summed E-state index contributed by atoms with van der Waals surface area (Å²) in [7, 11) is 1.63. The lowest BCUT2D eigenvalue weighted by Crippen LogP contribution is -2.14. The Balaban J connectivity index is 1.71. The molecule has 6 nitrogen and oxygen atoms in total. The van der Waals surface area contributed by atoms with Gasteiger partial charge in [0.05, 0.1) is 18.4 Å². The number of carbonyl (C=O) groups is 1. The van der Waals surface area contributed by atoms with E-state index in [1.165, 1.54) is 17.3 Å². The van der Waals surface area contributed by atoms with E-state index in [4.69, 9.17) is 4.74 Å². The number of nitrogens with zero attached hydrogens (tertiary/aromatic N) is 3. The van der Waals surface area contributed by atoms with Gasteiger partial charge in [0.25, 0.3) is 0 Å². The molecule has 30 heavy (non-hydrogen) atoms. The van der Waals surface area contributed by atoms with Crippen molar-refractivity contribution in [3.8, 4) is 17.1 Å². The van der Waals surface area contributed by atoms with Crippen molar-refractivity contribution in [3.05, 3.63) is 66.7 Å². The molecule has 1 heterocycles. The normalized spacial score (nSPS) is 10.8. The van der Waals surface area contributed by atoms with Crippen LogP contribution in [0.4, 0.5) is 5.69 Å². The van der Waals surface area contributed by atoms with Crippen LogP contribution >= 0.6 is 11.8 Å². The first-order valence-electron chi connectivity index (χ1n) is 9.73. The molecular formula is C23H26N4O2S. The van der Waals surface area contributed by atoms with Crippen molar-refractivity contribution in [2.75, 3.05) is 18.2 Å². The van der Waals surface area contributed by atoms with Gasteiger partial charge in [-0.2, -0.15) is 0 Å². The maximum Gasteiger partial charge on any atom is 0.234 e. The highest BCUT2D eigenvalue weighted by atomic mass is 32.2. The largest absolute Gasteiger partial charge is 0.496 e. The topological polar surface area (TPSA) is 69.0 Å². The highest BCUT2D eigenvalue weighted by molar-refractivity contribution is 7.99. The lowest BCUT2D eigenvalue weighted by molar-refractivity contribution is -0.113. The quantitative estimate of drug-likeness (QED) is 0.388. The summed E-state index contributed by atoms with van der Waals surface area (Å²) in [6.45, 7) is 8.64. The van der Waals surface area contributed by atoms with Gasteiger partial charge in [-0.15, -0.1) is 16.8 Å². The Bertz CT molecular complexity index is 1010. The molecule has 0 bridgehead atoms. The van der Waals surface area contributed by atoms with E-state index in [0.29, 0.717) is 29.2 Å². The minimum atomic E-state index is -0.0932. The molecule has 0 aliphatic heterocycles. The molecule has 0 atom stereocenters. The van der Waals surface area contributed by atoms with Crippen LogP contribution in [0.5, 0.6) is 5.75 Å². The molecule has 156 valence electrons. The van der Waals surface area contributed by atoms with Gasteiger partial charge in [-0.25, -0.2) is 0 Å². The van der Waals surface area contributed by atoms with Gasteiger partial charge in [-0.05, 0) is 35.7 Å². The van der Waals surface area contributed by atoms with Crippen LogP contribution in [0.2, 0.25) is 0 Å². The summed E-state index contributed by atoms with van der Waals surface area (Å²) in [5.74, 6) is 1.99. The summed E-state index contributed by atoms with van der Waals surface area (Å²) in [4.78, 5) is 12.4. The Morgan fingerprint density at radius 3 is 2.60 bits per heavy atom. The van der Waals surface area contributed by atoms with Crippen LogP contribution in [0.25, 0.3) is 11.4 Å². The van der Waals surface area contributed by atoms with E-state index < -0.39 is 0 Å². The number of benzene rings is 2. The average Bonchev–Trinajstić information content (AvgIpc) is 3.15. The first kappa shape index (κ1) is 21.6. The molecule has 0 spiro atoms. The number of hydrogen-bond donors (Lipinski definition) is 1. The number of ether oxygens (including phenoxy) is 1. The third kappa shape index (κ3) is 5.10. The van der Waals surface area contributed by atoms with Crippen molar-refractivity contribution in [1.82, 2.24) is 14.8 Å².